The Morgan fingerprint density at radius 3 is 2.58 bits per heavy atom. The third kappa shape index (κ3) is 3.77. The van der Waals surface area contributed by atoms with E-state index in [0.717, 1.165) is 24.6 Å². The van der Waals surface area contributed by atoms with Crippen LogP contribution in [0.3, 0.4) is 0 Å². The fourth-order valence-electron chi connectivity index (χ4n) is 1.69. The highest BCUT2D eigenvalue weighted by Crippen LogP contribution is 2.21. The molecule has 2 aromatic heterocycles. The van der Waals surface area contributed by atoms with Crippen LogP contribution >= 0.6 is 0 Å². The lowest BCUT2D eigenvalue weighted by Gasteiger charge is -2.18. The lowest BCUT2D eigenvalue weighted by Crippen LogP contribution is -2.12. The zero-order chi connectivity index (χ0) is 13.9. The van der Waals surface area contributed by atoms with Gasteiger partial charge in [0.1, 0.15) is 5.82 Å². The summed E-state index contributed by atoms with van der Waals surface area (Å²) in [5.74, 6) is 2.19. The van der Waals surface area contributed by atoms with E-state index in [0.29, 0.717) is 5.89 Å². The van der Waals surface area contributed by atoms with Crippen molar-refractivity contribution in [2.24, 2.45) is 0 Å². The van der Waals surface area contributed by atoms with Crippen LogP contribution in [0.2, 0.25) is 0 Å². The van der Waals surface area contributed by atoms with Crippen LogP contribution in [0.25, 0.3) is 0 Å². The average Bonchev–Trinajstić information content (AvgIpc) is 2.75. The molecular formula is C14H20N4O. The van der Waals surface area contributed by atoms with Crippen LogP contribution in [0.4, 0.5) is 5.82 Å². The van der Waals surface area contributed by atoms with Crippen molar-refractivity contribution >= 4 is 5.82 Å². The van der Waals surface area contributed by atoms with Crippen molar-refractivity contribution in [3.63, 3.8) is 0 Å². The van der Waals surface area contributed by atoms with Crippen LogP contribution in [-0.4, -0.2) is 21.7 Å². The molecule has 2 aromatic rings. The van der Waals surface area contributed by atoms with Crippen LogP contribution in [0.15, 0.2) is 22.9 Å². The molecule has 0 aliphatic carbocycles. The molecule has 2 rings (SSSR count). The van der Waals surface area contributed by atoms with Gasteiger partial charge in [0.2, 0.25) is 5.89 Å². The second-order valence-corrected chi connectivity index (χ2v) is 5.59. The van der Waals surface area contributed by atoms with Gasteiger partial charge in [0.15, 0.2) is 5.82 Å². The molecule has 1 N–H and O–H groups in total. The van der Waals surface area contributed by atoms with Gasteiger partial charge in [-0.15, -0.1) is 0 Å². The number of rotatable bonds is 4. The molecule has 0 aromatic carbocycles. The number of hydrogen-bond donors (Lipinski definition) is 1. The van der Waals surface area contributed by atoms with E-state index >= 15 is 0 Å². The average molecular weight is 260 g/mol. The summed E-state index contributed by atoms with van der Waals surface area (Å²) in [6.07, 6.45) is 2.64. The molecular weight excluding hydrogens is 240 g/mol. The minimum Gasteiger partial charge on any atom is -0.370 e. The van der Waals surface area contributed by atoms with Crippen LogP contribution in [0, 0.1) is 6.92 Å². The fraction of sp³-hybridized carbons (Fsp3) is 0.500. The van der Waals surface area contributed by atoms with Gasteiger partial charge in [-0.1, -0.05) is 32.0 Å². The Bertz CT molecular complexity index is 525. The van der Waals surface area contributed by atoms with E-state index < -0.39 is 0 Å². The molecule has 5 nitrogen and oxygen atoms in total. The number of aryl methyl sites for hydroxylation is 1. The summed E-state index contributed by atoms with van der Waals surface area (Å²) in [4.78, 5) is 8.56. The lowest BCUT2D eigenvalue weighted by atomic mass is 9.88. The van der Waals surface area contributed by atoms with E-state index in [-0.39, 0.29) is 5.41 Å². The standard InChI is InChI=1S/C14H20N4O/c1-10-17-13(18-19-10)7-8-15-12-6-5-11(9-16-12)14(2,3)4/h5-6,9H,7-8H2,1-4H3,(H,15,16). The van der Waals surface area contributed by atoms with Crippen LogP contribution in [0.1, 0.15) is 38.0 Å². The topological polar surface area (TPSA) is 63.8 Å². The molecule has 5 heteroatoms. The Morgan fingerprint density at radius 1 is 1.26 bits per heavy atom. The molecule has 0 amide bonds. The van der Waals surface area contributed by atoms with Gasteiger partial charge in [-0.25, -0.2) is 4.98 Å². The third-order valence-electron chi connectivity index (χ3n) is 2.85. The molecule has 0 unspecified atom stereocenters. The normalized spacial score (nSPS) is 11.6. The van der Waals surface area contributed by atoms with E-state index in [9.17, 15) is 0 Å². The van der Waals surface area contributed by atoms with Gasteiger partial charge in [-0.3, -0.25) is 0 Å². The molecule has 0 aliphatic heterocycles. The highest BCUT2D eigenvalue weighted by molar-refractivity contribution is 5.37. The molecule has 19 heavy (non-hydrogen) atoms. The maximum absolute atomic E-state index is 4.92. The molecule has 2 heterocycles. The Morgan fingerprint density at radius 2 is 2.05 bits per heavy atom. The number of nitrogens with one attached hydrogen (secondary N) is 1. The largest absolute Gasteiger partial charge is 0.370 e. The number of anilines is 1. The second-order valence-electron chi connectivity index (χ2n) is 5.59. The van der Waals surface area contributed by atoms with Crippen molar-refractivity contribution in [2.75, 3.05) is 11.9 Å². The van der Waals surface area contributed by atoms with E-state index in [1.807, 2.05) is 12.3 Å². The quantitative estimate of drug-likeness (QED) is 0.915. The molecule has 102 valence electrons. The first-order valence-electron chi connectivity index (χ1n) is 6.45. The van der Waals surface area contributed by atoms with Crippen LogP contribution < -0.4 is 5.32 Å². The molecule has 0 aliphatic rings. The van der Waals surface area contributed by atoms with Gasteiger partial charge in [-0.2, -0.15) is 4.98 Å². The molecule has 0 spiro atoms. The predicted octanol–water partition coefficient (Wildman–Crippen LogP) is 2.73. The van der Waals surface area contributed by atoms with Gasteiger partial charge < -0.3 is 9.84 Å². The monoisotopic (exact) mass is 260 g/mol. The predicted molar refractivity (Wildman–Crippen MR) is 74.2 cm³/mol. The molecule has 0 bridgehead atoms. The van der Waals surface area contributed by atoms with Crippen LogP contribution in [-0.2, 0) is 11.8 Å². The number of hydrogen-bond acceptors (Lipinski definition) is 5. The van der Waals surface area contributed by atoms with Gasteiger partial charge in [-0.05, 0) is 17.0 Å². The molecule has 0 saturated carbocycles. The van der Waals surface area contributed by atoms with Gasteiger partial charge >= 0.3 is 0 Å². The highest BCUT2D eigenvalue weighted by atomic mass is 16.5. The Labute approximate surface area is 113 Å². The van der Waals surface area contributed by atoms with Crippen molar-refractivity contribution < 1.29 is 4.52 Å². The second kappa shape index (κ2) is 5.38. The van der Waals surface area contributed by atoms with E-state index in [1.54, 1.807) is 6.92 Å². The first kappa shape index (κ1) is 13.5. The number of pyridine rings is 1. The van der Waals surface area contributed by atoms with Crippen molar-refractivity contribution in [3.05, 3.63) is 35.6 Å². The van der Waals surface area contributed by atoms with Crippen molar-refractivity contribution in [2.45, 2.75) is 39.5 Å². The summed E-state index contributed by atoms with van der Waals surface area (Å²) in [6, 6.07) is 4.11. The first-order valence-corrected chi connectivity index (χ1v) is 6.45. The summed E-state index contributed by atoms with van der Waals surface area (Å²) in [5.41, 5.74) is 1.36. The summed E-state index contributed by atoms with van der Waals surface area (Å²) in [6.45, 7) is 9.05. The molecule has 0 radical (unpaired) electrons. The van der Waals surface area contributed by atoms with Crippen molar-refractivity contribution in [1.82, 2.24) is 15.1 Å². The van der Waals surface area contributed by atoms with Crippen molar-refractivity contribution in [3.8, 4) is 0 Å². The Hall–Kier alpha value is -1.91. The molecule has 0 saturated heterocycles. The number of aromatic nitrogens is 3. The van der Waals surface area contributed by atoms with Gasteiger partial charge in [0.05, 0.1) is 0 Å². The van der Waals surface area contributed by atoms with Crippen molar-refractivity contribution in [1.29, 1.82) is 0 Å². The highest BCUT2D eigenvalue weighted by Gasteiger charge is 2.13. The van der Waals surface area contributed by atoms with Crippen LogP contribution in [0.5, 0.6) is 0 Å². The minimum atomic E-state index is 0.133. The minimum absolute atomic E-state index is 0.133. The van der Waals surface area contributed by atoms with Gasteiger partial charge in [0.25, 0.3) is 0 Å². The lowest BCUT2D eigenvalue weighted by molar-refractivity contribution is 0.387. The smallest absolute Gasteiger partial charge is 0.223 e. The Balaban J connectivity index is 1.86. The Kier molecular flexibility index (Phi) is 3.83. The zero-order valence-corrected chi connectivity index (χ0v) is 11.9. The van der Waals surface area contributed by atoms with E-state index in [1.165, 1.54) is 5.56 Å². The summed E-state index contributed by atoms with van der Waals surface area (Å²) >= 11 is 0. The molecule has 0 atom stereocenters. The summed E-state index contributed by atoms with van der Waals surface area (Å²) < 4.78 is 4.92. The number of nitrogens with zero attached hydrogens (tertiary/aromatic N) is 3. The maximum Gasteiger partial charge on any atom is 0.223 e. The van der Waals surface area contributed by atoms with E-state index in [2.05, 4.69) is 47.3 Å². The third-order valence-corrected chi connectivity index (χ3v) is 2.85. The zero-order valence-electron chi connectivity index (χ0n) is 11.9. The SMILES string of the molecule is Cc1nc(CCNc2ccc(C(C)(C)C)cn2)no1. The maximum atomic E-state index is 4.92. The summed E-state index contributed by atoms with van der Waals surface area (Å²) in [7, 11) is 0. The molecule has 0 fully saturated rings. The fourth-order valence-corrected chi connectivity index (χ4v) is 1.69. The van der Waals surface area contributed by atoms with Gasteiger partial charge in [0, 0.05) is 26.1 Å². The first-order chi connectivity index (χ1) is 8.95. The van der Waals surface area contributed by atoms with E-state index in [4.69, 9.17) is 4.52 Å². The summed E-state index contributed by atoms with van der Waals surface area (Å²) in [5, 5.41) is 7.10.